The van der Waals surface area contributed by atoms with Gasteiger partial charge >= 0.3 is 0 Å². The van der Waals surface area contributed by atoms with E-state index in [-0.39, 0.29) is 12.4 Å². The zero-order chi connectivity index (χ0) is 16.1. The van der Waals surface area contributed by atoms with E-state index in [0.29, 0.717) is 6.42 Å². The summed E-state index contributed by atoms with van der Waals surface area (Å²) in [7, 11) is 27.2. The highest BCUT2D eigenvalue weighted by Gasteiger charge is 2.30. The van der Waals surface area contributed by atoms with E-state index in [1.54, 1.807) is 23.9 Å². The Morgan fingerprint density at radius 2 is 1.62 bits per heavy atom. The van der Waals surface area contributed by atoms with Crippen LogP contribution in [0.1, 0.15) is 12.8 Å². The minimum Gasteiger partial charge on any atom is -0.395 e. The van der Waals surface area contributed by atoms with Crippen LogP contribution in [0.15, 0.2) is 29.2 Å². The van der Waals surface area contributed by atoms with Crippen LogP contribution in [0.4, 0.5) is 4.39 Å². The van der Waals surface area contributed by atoms with E-state index in [1.807, 2.05) is 0 Å². The fourth-order valence-corrected chi connectivity index (χ4v) is 2.69. The summed E-state index contributed by atoms with van der Waals surface area (Å²) in [6, 6.07) is 6.27. The minimum absolute atomic E-state index is 0.247. The lowest BCUT2D eigenvalue weighted by atomic mass is 9.46. The molecule has 100 valence electrons. The third-order valence-electron chi connectivity index (χ3n) is 2.76. The van der Waals surface area contributed by atoms with Crippen LogP contribution < -0.4 is 0 Å². The smallest absolute Gasteiger partial charge is 0.123 e. The Balaban J connectivity index is 2.33. The summed E-state index contributed by atoms with van der Waals surface area (Å²) in [5.41, 5.74) is -2.18. The monoisotopic (exact) mass is 293 g/mol. The lowest BCUT2D eigenvalue weighted by Gasteiger charge is -2.47. The molecule has 0 amide bonds. The van der Waals surface area contributed by atoms with Gasteiger partial charge < -0.3 is 10.0 Å². The predicted molar refractivity (Wildman–Crippen MR) is 89.5 cm³/mol. The average Bonchev–Trinajstić information content (AvgIpc) is 2.32. The number of rotatable bonds is 8. The first-order valence-electron chi connectivity index (χ1n) is 6.43. The maximum absolute atomic E-state index is 12.7. The lowest BCUT2D eigenvalue weighted by molar-refractivity contribution is 0.0267. The van der Waals surface area contributed by atoms with Crippen LogP contribution in [0, 0.1) is 5.82 Å². The fourth-order valence-electron chi connectivity index (χ4n) is 1.78. The highest BCUT2D eigenvalue weighted by Crippen LogP contribution is 2.20. The number of nitrogens with zero attached hydrogens (tertiary/aromatic N) is 1. The second kappa shape index (κ2) is 7.84. The van der Waals surface area contributed by atoms with Gasteiger partial charge in [-0.3, -0.25) is 0 Å². The average molecular weight is 292 g/mol. The molecule has 0 atom stereocenters. The molecular formula is C12H13B5FNOS. The number of hydrogen-bond acceptors (Lipinski definition) is 3. The number of hydrogen-bond donors (Lipinski definition) is 1. The first-order valence-corrected chi connectivity index (χ1v) is 7.42. The summed E-state index contributed by atoms with van der Waals surface area (Å²) in [6.45, 7) is 0.247. The van der Waals surface area contributed by atoms with Crippen molar-refractivity contribution in [3.63, 3.8) is 0 Å². The molecule has 9 heteroatoms. The molecule has 0 fully saturated rings. The van der Waals surface area contributed by atoms with Crippen molar-refractivity contribution in [2.45, 2.75) is 28.5 Å². The summed E-state index contributed by atoms with van der Waals surface area (Å²) in [5.74, 6) is 0.546. The van der Waals surface area contributed by atoms with Gasteiger partial charge in [0.15, 0.2) is 0 Å². The Morgan fingerprint density at radius 1 is 1.05 bits per heavy atom. The van der Waals surface area contributed by atoms with Gasteiger partial charge in [0.1, 0.15) is 21.5 Å². The van der Waals surface area contributed by atoms with E-state index in [4.69, 9.17) is 39.2 Å². The molecule has 1 N–H and O–H groups in total. The topological polar surface area (TPSA) is 23.5 Å². The Labute approximate surface area is 136 Å². The minimum atomic E-state index is -2.18. The summed E-state index contributed by atoms with van der Waals surface area (Å²) < 4.78 is 12.7. The highest BCUT2D eigenvalue weighted by atomic mass is 32.2. The van der Waals surface area contributed by atoms with Gasteiger partial charge in [-0.1, -0.05) is 5.24 Å². The van der Waals surface area contributed by atoms with Crippen molar-refractivity contribution in [1.82, 2.24) is 4.90 Å². The third kappa shape index (κ3) is 7.03. The van der Waals surface area contributed by atoms with Gasteiger partial charge in [-0.05, 0) is 49.4 Å². The van der Waals surface area contributed by atoms with Gasteiger partial charge in [0, 0.05) is 10.4 Å². The molecule has 0 heterocycles. The van der Waals surface area contributed by atoms with Gasteiger partial charge in [-0.2, -0.15) is 0 Å². The van der Waals surface area contributed by atoms with E-state index < -0.39 is 10.8 Å². The second-order valence-corrected chi connectivity index (χ2v) is 6.00. The lowest BCUT2D eigenvalue weighted by Crippen LogP contribution is -2.63. The molecule has 0 aromatic heterocycles. The number of benzene rings is 1. The van der Waals surface area contributed by atoms with Crippen LogP contribution in [-0.4, -0.2) is 72.3 Å². The zero-order valence-corrected chi connectivity index (χ0v) is 12.5. The maximum Gasteiger partial charge on any atom is 0.123 e. The number of halogens is 1. The Hall–Kier alpha value is -0.255. The highest BCUT2D eigenvalue weighted by molar-refractivity contribution is 7.99. The van der Waals surface area contributed by atoms with E-state index in [9.17, 15) is 9.50 Å². The zero-order valence-electron chi connectivity index (χ0n) is 11.7. The van der Waals surface area contributed by atoms with Crippen molar-refractivity contribution in [2.75, 3.05) is 12.3 Å². The molecule has 1 aromatic carbocycles. The van der Waals surface area contributed by atoms with Gasteiger partial charge in [-0.15, -0.1) is 11.8 Å². The van der Waals surface area contributed by atoms with Crippen LogP contribution in [0.3, 0.4) is 0 Å². The normalized spacial score (nSPS) is 12.7. The maximum atomic E-state index is 12.7. The quantitative estimate of drug-likeness (QED) is 0.317. The number of unbranched alkanes of at least 4 members (excludes halogenated alkanes) is 1. The first-order chi connectivity index (χ1) is 9.60. The molecule has 0 bridgehead atoms. The van der Waals surface area contributed by atoms with Crippen LogP contribution >= 0.6 is 11.8 Å². The number of aliphatic hydroxyl groups is 1. The van der Waals surface area contributed by atoms with Crippen molar-refractivity contribution in [2.24, 2.45) is 0 Å². The molecule has 0 spiro atoms. The molecule has 0 unspecified atom stereocenters. The summed E-state index contributed by atoms with van der Waals surface area (Å²) in [5, 5.41) is 7.77. The van der Waals surface area contributed by atoms with Crippen molar-refractivity contribution < 1.29 is 9.50 Å². The molecule has 2 nitrogen and oxygen atoms in total. The molecule has 0 aliphatic heterocycles. The van der Waals surface area contributed by atoms with Crippen molar-refractivity contribution in [1.29, 1.82) is 0 Å². The van der Waals surface area contributed by atoms with E-state index >= 15 is 0 Å². The van der Waals surface area contributed by atoms with Crippen LogP contribution in [0.2, 0.25) is 0 Å². The van der Waals surface area contributed by atoms with Crippen molar-refractivity contribution in [3.8, 4) is 0 Å². The SMILES string of the molecule is [B]C([B])([B])N(CCCCSc1ccc(F)cc1)C([B])([B])O. The molecule has 10 radical (unpaired) electrons. The predicted octanol–water partition coefficient (Wildman–Crippen LogP) is 0.0574. The van der Waals surface area contributed by atoms with Crippen molar-refractivity contribution >= 4 is 51.0 Å². The molecule has 0 saturated carbocycles. The second-order valence-electron chi connectivity index (χ2n) is 4.83. The Bertz CT molecular complexity index is 421. The molecule has 1 rings (SSSR count). The van der Waals surface area contributed by atoms with Gasteiger partial charge in [0.05, 0.1) is 23.5 Å². The fraction of sp³-hybridized carbons (Fsp3) is 0.500. The van der Waals surface area contributed by atoms with E-state index in [1.165, 1.54) is 12.1 Å². The van der Waals surface area contributed by atoms with Crippen LogP contribution in [0.25, 0.3) is 0 Å². The van der Waals surface area contributed by atoms with Crippen LogP contribution in [0.5, 0.6) is 0 Å². The van der Waals surface area contributed by atoms with Gasteiger partial charge in [0.2, 0.25) is 0 Å². The molecule has 1 aromatic rings. The van der Waals surface area contributed by atoms with Crippen LogP contribution in [-0.2, 0) is 0 Å². The van der Waals surface area contributed by atoms with Crippen molar-refractivity contribution in [3.05, 3.63) is 30.1 Å². The molecule has 0 aliphatic carbocycles. The summed E-state index contributed by atoms with van der Waals surface area (Å²) in [4.78, 5) is 2.00. The summed E-state index contributed by atoms with van der Waals surface area (Å²) in [6.07, 6.45) is 1.43. The van der Waals surface area contributed by atoms with E-state index in [0.717, 1.165) is 22.0 Å². The van der Waals surface area contributed by atoms with Gasteiger partial charge in [0.25, 0.3) is 0 Å². The largest absolute Gasteiger partial charge is 0.395 e. The number of thioether (sulfide) groups is 1. The Kier molecular flexibility index (Phi) is 7.02. The van der Waals surface area contributed by atoms with Gasteiger partial charge in [-0.25, -0.2) is 4.39 Å². The molecule has 0 aliphatic rings. The standard InChI is InChI=1S/C12H13B5FNOS/c13-11(14,15)19(12(16,17)20)7-1-2-8-21-10-5-3-9(18)4-6-10/h3-6,20H,1-2,7-8H2. The molecule has 21 heavy (non-hydrogen) atoms. The molecular weight excluding hydrogens is 279 g/mol. The molecule has 0 saturated heterocycles. The third-order valence-corrected chi connectivity index (χ3v) is 3.86. The summed E-state index contributed by atoms with van der Waals surface area (Å²) >= 11 is 1.59. The van der Waals surface area contributed by atoms with E-state index in [2.05, 4.69) is 0 Å². The first kappa shape index (κ1) is 18.8. The Morgan fingerprint density at radius 3 is 2.10 bits per heavy atom.